The van der Waals surface area contributed by atoms with Crippen LogP contribution in [0.3, 0.4) is 0 Å². The molecule has 0 N–H and O–H groups in total. The molecular formula is C66H100ClF. The van der Waals surface area contributed by atoms with Crippen molar-refractivity contribution in [1.29, 1.82) is 0 Å². The second kappa shape index (κ2) is 39.4. The zero-order chi connectivity index (χ0) is 48.7. The lowest BCUT2D eigenvalue weighted by Crippen LogP contribution is -1.95. The lowest BCUT2D eigenvalue weighted by Gasteiger charge is -2.07. The van der Waals surface area contributed by atoms with Gasteiger partial charge in [0.2, 0.25) is 0 Å². The summed E-state index contributed by atoms with van der Waals surface area (Å²) in [5.74, 6) is 4.21. The summed E-state index contributed by atoms with van der Waals surface area (Å²) in [6.45, 7) is 33.1. The fourth-order valence-corrected chi connectivity index (χ4v) is 7.16. The van der Waals surface area contributed by atoms with Crippen molar-refractivity contribution in [1.82, 2.24) is 0 Å². The van der Waals surface area contributed by atoms with Crippen LogP contribution in [-0.2, 0) is 38.5 Å². The van der Waals surface area contributed by atoms with Gasteiger partial charge >= 0.3 is 0 Å². The van der Waals surface area contributed by atoms with Gasteiger partial charge in [0.15, 0.2) is 0 Å². The Labute approximate surface area is 426 Å². The first-order valence-corrected chi connectivity index (χ1v) is 24.8. The molecule has 0 unspecified atom stereocenters. The lowest BCUT2D eigenvalue weighted by molar-refractivity contribution is 0.620. The Morgan fingerprint density at radius 1 is 0.324 bits per heavy atom. The van der Waals surface area contributed by atoms with Gasteiger partial charge in [-0.1, -0.05) is 262 Å². The van der Waals surface area contributed by atoms with Gasteiger partial charge in [0.05, 0.1) is 0 Å². The monoisotopic (exact) mass is 947 g/mol. The van der Waals surface area contributed by atoms with Crippen LogP contribution in [0.15, 0.2) is 152 Å². The van der Waals surface area contributed by atoms with Crippen molar-refractivity contribution in [2.75, 3.05) is 0 Å². The molecule has 2 heteroatoms. The average Bonchev–Trinajstić information content (AvgIpc) is 3.23. The maximum atomic E-state index is 12.4. The maximum absolute atomic E-state index is 12.4. The van der Waals surface area contributed by atoms with Gasteiger partial charge in [-0.3, -0.25) is 0 Å². The van der Waals surface area contributed by atoms with Gasteiger partial charge < -0.3 is 0 Å². The van der Waals surface area contributed by atoms with E-state index in [0.717, 1.165) is 41.5 Å². The Kier molecular flexibility index (Phi) is 39.3. The predicted octanol–water partition coefficient (Wildman–Crippen LogP) is 20.9. The summed E-state index contributed by atoms with van der Waals surface area (Å²) >= 11 is 5.97. The molecule has 0 fully saturated rings. The van der Waals surface area contributed by atoms with Gasteiger partial charge in [0.25, 0.3) is 0 Å². The first kappa shape index (κ1) is 67.8. The second-order valence-corrected chi connectivity index (χ2v) is 20.6. The van der Waals surface area contributed by atoms with E-state index in [1.54, 1.807) is 0 Å². The Hall–Kier alpha value is -4.46. The minimum atomic E-state index is -0.155. The highest BCUT2D eigenvalue weighted by molar-refractivity contribution is 6.31. The highest BCUT2D eigenvalue weighted by Gasteiger charge is 2.02. The van der Waals surface area contributed by atoms with E-state index in [0.29, 0.717) is 11.8 Å². The molecule has 0 aromatic heterocycles. The number of benzene rings is 6. The molecule has 0 saturated carbocycles. The quantitative estimate of drug-likeness (QED) is 0.115. The van der Waals surface area contributed by atoms with Crippen LogP contribution in [0.2, 0.25) is 5.02 Å². The molecule has 6 rings (SSSR count). The molecule has 0 nitrogen and oxygen atoms in total. The lowest BCUT2D eigenvalue weighted by atomic mass is 9.99. The highest BCUT2D eigenvalue weighted by atomic mass is 35.5. The van der Waals surface area contributed by atoms with Crippen LogP contribution in [0.25, 0.3) is 0 Å². The Morgan fingerprint density at radius 2 is 0.603 bits per heavy atom. The summed E-state index contributed by atoms with van der Waals surface area (Å²) in [7, 11) is 0. The van der Waals surface area contributed by atoms with Crippen molar-refractivity contribution in [3.05, 3.63) is 213 Å². The summed E-state index contributed by atoms with van der Waals surface area (Å²) in [4.78, 5) is 0. The molecule has 6 aromatic carbocycles. The molecule has 68 heavy (non-hydrogen) atoms. The van der Waals surface area contributed by atoms with Crippen LogP contribution < -0.4 is 0 Å². The molecule has 0 aliphatic carbocycles. The summed E-state index contributed by atoms with van der Waals surface area (Å²) in [6.07, 6.45) is 6.88. The maximum Gasteiger partial charge on any atom is 0.123 e. The number of rotatable bonds is 12. The van der Waals surface area contributed by atoms with E-state index in [-0.39, 0.29) is 28.1 Å². The highest BCUT2D eigenvalue weighted by Crippen LogP contribution is 2.18. The van der Waals surface area contributed by atoms with Crippen LogP contribution in [0.5, 0.6) is 0 Å². The predicted molar refractivity (Wildman–Crippen MR) is 309 cm³/mol. The van der Waals surface area contributed by atoms with Crippen molar-refractivity contribution >= 4 is 11.6 Å². The zero-order valence-corrected chi connectivity index (χ0v) is 44.2. The topological polar surface area (TPSA) is 0 Å². The van der Waals surface area contributed by atoms with Crippen molar-refractivity contribution < 1.29 is 4.39 Å². The van der Waals surface area contributed by atoms with Crippen LogP contribution in [-0.4, -0.2) is 0 Å². The normalized spacial score (nSPS) is 10.0. The third-order valence-electron chi connectivity index (χ3n) is 10.0. The van der Waals surface area contributed by atoms with Crippen molar-refractivity contribution in [3.8, 4) is 0 Å². The average molecular weight is 948 g/mol. The Bertz CT molecular complexity index is 1860. The van der Waals surface area contributed by atoms with Crippen molar-refractivity contribution in [3.63, 3.8) is 0 Å². The molecule has 0 atom stereocenters. The van der Waals surface area contributed by atoms with E-state index in [4.69, 9.17) is 11.6 Å². The van der Waals surface area contributed by atoms with Crippen LogP contribution >= 0.6 is 11.6 Å². The minimum absolute atomic E-state index is 0. The fourth-order valence-electron chi connectivity index (χ4n) is 6.95. The third-order valence-corrected chi connectivity index (χ3v) is 10.4. The van der Waals surface area contributed by atoms with Crippen LogP contribution in [0.4, 0.5) is 4.39 Å². The van der Waals surface area contributed by atoms with E-state index < -0.39 is 0 Å². The van der Waals surface area contributed by atoms with E-state index in [2.05, 4.69) is 213 Å². The molecule has 0 spiro atoms. The molecule has 0 radical (unpaired) electrons. The third kappa shape index (κ3) is 35.7. The Balaban J connectivity index is -0.000000739. The molecule has 0 amide bonds. The number of hydrogen-bond acceptors (Lipinski definition) is 0. The minimum Gasteiger partial charge on any atom is -0.207 e. The van der Waals surface area contributed by atoms with Gasteiger partial charge in [-0.15, -0.1) is 0 Å². The number of hydrogen-bond donors (Lipinski definition) is 0. The Morgan fingerprint density at radius 3 is 0.941 bits per heavy atom. The van der Waals surface area contributed by atoms with E-state index in [9.17, 15) is 4.39 Å². The smallest absolute Gasteiger partial charge is 0.123 e. The van der Waals surface area contributed by atoms with Crippen molar-refractivity contribution in [2.45, 2.75) is 165 Å². The van der Waals surface area contributed by atoms with E-state index >= 15 is 0 Å². The zero-order valence-electron chi connectivity index (χ0n) is 43.4. The summed E-state index contributed by atoms with van der Waals surface area (Å²) < 4.78 is 12.4. The molecule has 378 valence electrons. The summed E-state index contributed by atoms with van der Waals surface area (Å²) in [6, 6.07) is 51.5. The molecule has 6 aromatic rings. The summed E-state index contributed by atoms with van der Waals surface area (Å²) in [5.41, 5.74) is 12.4. The molecule has 0 aliphatic rings. The largest absolute Gasteiger partial charge is 0.207 e. The van der Waals surface area contributed by atoms with Gasteiger partial charge in [-0.25, -0.2) is 4.39 Å². The van der Waals surface area contributed by atoms with Crippen molar-refractivity contribution in [2.24, 2.45) is 35.5 Å². The van der Waals surface area contributed by atoms with Gasteiger partial charge in [-0.05, 0) is 152 Å². The fraction of sp³-hybridized carbons (Fsp3) is 0.455. The molecule has 0 bridgehead atoms. The van der Waals surface area contributed by atoms with E-state index in [1.165, 1.54) is 87.9 Å². The second-order valence-electron chi connectivity index (χ2n) is 20.2. The molecule has 0 saturated heterocycles. The molecule has 0 aliphatic heterocycles. The van der Waals surface area contributed by atoms with Gasteiger partial charge in [0.1, 0.15) is 5.82 Å². The van der Waals surface area contributed by atoms with Gasteiger partial charge in [-0.2, -0.15) is 0 Å². The molecular weight excluding hydrogens is 847 g/mol. The first-order valence-electron chi connectivity index (χ1n) is 24.4. The van der Waals surface area contributed by atoms with E-state index in [1.807, 2.05) is 30.3 Å². The first-order chi connectivity index (χ1) is 30.7. The summed E-state index contributed by atoms with van der Waals surface area (Å²) in [5, 5.41) is 0.890. The van der Waals surface area contributed by atoms with Gasteiger partial charge in [0, 0.05) is 5.02 Å². The van der Waals surface area contributed by atoms with Crippen LogP contribution in [0.1, 0.15) is 155 Å². The van der Waals surface area contributed by atoms with Crippen LogP contribution in [0, 0.1) is 62.1 Å². The standard InChI is InChI=1S/3C11H16.C10H13Cl.C10H13F.C10H14.3CH4/c2*1-9(2)8-11-6-4-10(3)5-7-11;1-9(2)8-11-7-5-4-6-10(11)3;1-8(2)7-9-5-3-4-6-10(9)11;1-8(2)7-9-3-5-10(11)6-4-9;1-9(2)8-10-6-4-3-5-7-10;;;/h3*4-7,9H,8H2,1-3H3;2*3-6,8H,7H2,1-2H3;3-7,9H,8H2,1-2H3;3*1H4. The SMILES string of the molecule is C.C.C.CC(C)Cc1ccc(F)cc1.CC(C)Cc1ccccc1.CC(C)Cc1ccccc1Cl.Cc1ccc(CC(C)C)cc1.Cc1ccc(CC(C)C)cc1.Cc1ccccc1CC(C)C. The molecule has 0 heterocycles. The number of halogens is 2. The number of aryl methyl sites for hydroxylation is 3.